The lowest BCUT2D eigenvalue weighted by Gasteiger charge is -2.57. The fourth-order valence-electron chi connectivity index (χ4n) is 17.0. The molecule has 0 aromatic heterocycles. The highest BCUT2D eigenvalue weighted by Crippen LogP contribution is 2.49. The molecule has 7 saturated heterocycles. The van der Waals surface area contributed by atoms with E-state index >= 15 is 0 Å². The molecular formula is C87H104O43S5Si. The highest BCUT2D eigenvalue weighted by atomic mass is 32.3. The molecule has 0 radical (unpaired) electrons. The summed E-state index contributed by atoms with van der Waals surface area (Å²) in [6.45, 7) is 5.18. The number of hydrogen-bond donors (Lipinski definition) is 7. The number of carboxylic acids is 2. The molecule has 0 saturated carbocycles. The molecule has 10 unspecified atom stereocenters. The summed E-state index contributed by atoms with van der Waals surface area (Å²) in [4.78, 5) is 29.7. The van der Waals surface area contributed by atoms with E-state index in [1.807, 2.05) is 81.4 Å². The van der Waals surface area contributed by atoms with Crippen LogP contribution in [0.25, 0.3) is 0 Å². The van der Waals surface area contributed by atoms with Crippen LogP contribution < -0.4 is 10.4 Å². The Morgan fingerprint density at radius 3 is 1.18 bits per heavy atom. The maximum Gasteiger partial charge on any atom is 0.397 e. The van der Waals surface area contributed by atoms with E-state index in [2.05, 4.69) is 21.7 Å². The average molecular weight is 2030 g/mol. The van der Waals surface area contributed by atoms with Crippen molar-refractivity contribution in [3.8, 4) is 0 Å². The van der Waals surface area contributed by atoms with Crippen molar-refractivity contribution in [2.24, 2.45) is 0 Å². The van der Waals surface area contributed by atoms with Crippen molar-refractivity contribution in [1.82, 2.24) is 0 Å². The van der Waals surface area contributed by atoms with Crippen molar-refractivity contribution in [2.45, 2.75) is 211 Å². The third-order valence-corrected chi connectivity index (χ3v) is 30.3. The minimum Gasteiger partial charge on any atom is -0.479 e. The molecule has 25 atom stereocenters. The Bertz CT molecular complexity index is 5000. The van der Waals surface area contributed by atoms with Gasteiger partial charge in [-0.2, -0.15) is 16.8 Å². The first-order chi connectivity index (χ1) is 65.6. The molecule has 7 N–H and O–H groups in total. The summed E-state index contributed by atoms with van der Waals surface area (Å²) in [5.41, 5.74) is -3.06. The SMILES string of the molecule is C=CC1(C(=O)O)O[C@@H](O[C@H]2C(COS(=O)(=O)O)O[C@@H](O[C@@H]3[C@H](OC)C4OCC3(C(=O)O)O[C@@H]4O[C@H]3C(CO[Si](c4ccccc4)(c4ccccc4)C(C)(C)C)O[C@@H](OC)C(OSOOO)[C@@H]3OCc3ccccc3)C(OSOOO)[C@H]2OSOOO)C(OCc2ccccc2)[C@@H](OC)[C@H]1O[C@@H]1OC(COS(=O)(=O)O)[C@H](OCc2ccccc2)[C@H](OCc2ccccc2)C1OCc1ccccc1. The van der Waals surface area contributed by atoms with E-state index in [4.69, 9.17) is 124 Å². The molecule has 7 aromatic carbocycles. The summed E-state index contributed by atoms with van der Waals surface area (Å²) in [6.07, 6.45) is -41.3. The van der Waals surface area contributed by atoms with Crippen LogP contribution in [0.3, 0.4) is 0 Å². The Morgan fingerprint density at radius 2 is 0.779 bits per heavy atom. The molecule has 0 aliphatic carbocycles. The average Bonchev–Trinajstić information content (AvgIpc) is 0.715. The summed E-state index contributed by atoms with van der Waals surface area (Å²) < 4.78 is 243. The molecule has 7 aromatic rings. The largest absolute Gasteiger partial charge is 0.479 e. The lowest BCUT2D eigenvalue weighted by atomic mass is 9.83. The number of benzene rings is 7. The predicted octanol–water partition coefficient (Wildman–Crippen LogP) is 8.57. The van der Waals surface area contributed by atoms with Crippen LogP contribution >= 0.6 is 37.0 Å². The van der Waals surface area contributed by atoms with Crippen LogP contribution in [0.1, 0.15) is 48.6 Å². The van der Waals surface area contributed by atoms with Gasteiger partial charge in [-0.15, -0.1) is 13.0 Å². The van der Waals surface area contributed by atoms with Gasteiger partial charge in [0.2, 0.25) is 11.2 Å². The number of hydrogen-bond acceptors (Lipinski definition) is 42. The van der Waals surface area contributed by atoms with Crippen LogP contribution in [0.4, 0.5) is 0 Å². The Morgan fingerprint density at radius 1 is 0.419 bits per heavy atom. The lowest BCUT2D eigenvalue weighted by molar-refractivity contribution is -0.439. The van der Waals surface area contributed by atoms with E-state index < -0.39 is 225 Å². The molecule has 2 bridgehead atoms. The number of fused-ring (bicyclic) bond motifs is 3. The molecule has 7 heterocycles. The van der Waals surface area contributed by atoms with E-state index in [0.717, 1.165) is 30.7 Å². The number of methoxy groups -OCH3 is 3. The van der Waals surface area contributed by atoms with Gasteiger partial charge in [0, 0.05) is 21.3 Å². The van der Waals surface area contributed by atoms with E-state index in [1.165, 1.54) is 7.11 Å². The summed E-state index contributed by atoms with van der Waals surface area (Å²) in [5.74, 6) is -3.76. The standard InChI is InChI=1S/C87H104O43S5Si/c1-8-86(83(88)89)76(118-79-71(107-47-56-36-22-12-23-37-56)66(105-45-54-32-18-10-19-33-54)63(60(114-79)49-110-134(95,96)97)104-44-53-30-16-9-17-31-53)69(101-5)72(108-48-57-38-24-13-25-39-57)81(120-86)117-65-61(50-111-135(98,99)100)115-80(75(124-133-130-127-94)68(65)122-131-128-125-92)119-77-70(102-6)73-82(121-87(77,52-109-73)84(90)91)116-64-62(51-112-136(85(2,3)4,58-40-26-14-27-41-58)59-42-28-15-29-43-59)113-78(103-7)74(123-132-129-126-93)67(64)106-46-55-34-20-11-21-35-55/h8-43,60-82,92-94H,1,44-52H2,2-7H3,(H,88,89)(H,90,91)(H,95,96,97)(H,98,99,100)/t60?,61?,62?,63-,64-,65-,66-,67+,68-,69+,70+,71?,72?,73?,74?,75?,76+,77+,78+,79-,80-,81+,82-,86?,87?/m0/s1. The van der Waals surface area contributed by atoms with Crippen LogP contribution in [0.5, 0.6) is 0 Å². The molecule has 744 valence electrons. The zero-order valence-corrected chi connectivity index (χ0v) is 78.6. The van der Waals surface area contributed by atoms with Gasteiger partial charge in [0.05, 0.1) is 59.5 Å². The Hall–Kier alpha value is -7.01. The molecule has 7 aliphatic heterocycles. The van der Waals surface area contributed by atoms with Crippen molar-refractivity contribution in [3.05, 3.63) is 253 Å². The van der Waals surface area contributed by atoms with Crippen LogP contribution in [0.2, 0.25) is 5.04 Å². The molecule has 7 fully saturated rings. The van der Waals surface area contributed by atoms with E-state index in [1.54, 1.807) is 152 Å². The molecule has 14 rings (SSSR count). The van der Waals surface area contributed by atoms with Crippen molar-refractivity contribution in [3.63, 3.8) is 0 Å². The number of aliphatic carboxylic acids is 2. The normalized spacial score (nSPS) is 30.5. The predicted molar refractivity (Wildman–Crippen MR) is 470 cm³/mol. The molecule has 43 nitrogen and oxygen atoms in total. The highest BCUT2D eigenvalue weighted by molar-refractivity contribution is 7.90. The second-order valence-electron chi connectivity index (χ2n) is 32.3. The highest BCUT2D eigenvalue weighted by Gasteiger charge is 2.70. The fraction of sp³-hybridized carbons (Fsp3) is 0.471. The van der Waals surface area contributed by atoms with Gasteiger partial charge in [0.1, 0.15) is 97.7 Å². The summed E-state index contributed by atoms with van der Waals surface area (Å²) in [6, 6.07) is 62.6. The lowest BCUT2D eigenvalue weighted by Crippen LogP contribution is -2.77. The van der Waals surface area contributed by atoms with Gasteiger partial charge in [-0.25, -0.2) is 33.7 Å². The smallest absolute Gasteiger partial charge is 0.397 e. The first kappa shape index (κ1) is 106. The van der Waals surface area contributed by atoms with E-state index in [0.29, 0.717) is 27.8 Å². The molecule has 0 amide bonds. The number of rotatable bonds is 52. The quantitative estimate of drug-likeness (QED) is 0.00357. The van der Waals surface area contributed by atoms with Gasteiger partial charge in [0.15, 0.2) is 80.6 Å². The van der Waals surface area contributed by atoms with Gasteiger partial charge in [-0.05, 0) is 49.3 Å². The van der Waals surface area contributed by atoms with Crippen molar-refractivity contribution >= 4 is 88.4 Å². The van der Waals surface area contributed by atoms with E-state index in [-0.39, 0.29) is 70.0 Å². The van der Waals surface area contributed by atoms with Crippen LogP contribution in [-0.4, -0.2) is 272 Å². The summed E-state index contributed by atoms with van der Waals surface area (Å²) >= 11 is -0.256. The molecule has 0 spiro atoms. The monoisotopic (exact) mass is 2020 g/mol. The molecular weight excluding hydrogens is 1920 g/mol. The van der Waals surface area contributed by atoms with Gasteiger partial charge < -0.3 is 99.9 Å². The first-order valence-electron chi connectivity index (χ1n) is 42.0. The Kier molecular flexibility index (Phi) is 39.1. The number of ether oxygens (including phenoxy) is 18. The van der Waals surface area contributed by atoms with Crippen molar-refractivity contribution < 1.29 is 200 Å². The second kappa shape index (κ2) is 50.1. The zero-order chi connectivity index (χ0) is 96.6. The Balaban J connectivity index is 0.882. The molecule has 49 heteroatoms. The zero-order valence-electron chi connectivity index (χ0n) is 73.5. The molecule has 7 aliphatic rings. The summed E-state index contributed by atoms with van der Waals surface area (Å²) in [7, 11) is -10.9. The van der Waals surface area contributed by atoms with Crippen molar-refractivity contribution in [1.29, 1.82) is 0 Å². The van der Waals surface area contributed by atoms with Crippen LogP contribution in [0, 0.1) is 0 Å². The number of carboxylic acid groups (broad SMARTS) is 2. The Labute approximate surface area is 796 Å². The minimum atomic E-state index is -5.62. The topological polar surface area (TPSA) is 521 Å². The van der Waals surface area contributed by atoms with Gasteiger partial charge in [-0.1, -0.05) is 255 Å². The van der Waals surface area contributed by atoms with Crippen molar-refractivity contribution in [2.75, 3.05) is 47.8 Å². The number of carbonyl (C=O) groups is 2. The molecule has 136 heavy (non-hydrogen) atoms. The maximum absolute atomic E-state index is 14.9. The van der Waals surface area contributed by atoms with E-state index in [9.17, 15) is 61.5 Å². The van der Waals surface area contributed by atoms with Gasteiger partial charge in [-0.3, -0.25) is 21.7 Å². The van der Waals surface area contributed by atoms with Crippen LogP contribution in [-0.2, 0) is 202 Å². The summed E-state index contributed by atoms with van der Waals surface area (Å²) in [5, 5.41) is 65.7. The van der Waals surface area contributed by atoms with Gasteiger partial charge >= 0.3 is 32.7 Å². The van der Waals surface area contributed by atoms with Crippen LogP contribution in [0.15, 0.2) is 225 Å². The third-order valence-electron chi connectivity index (χ3n) is 23.2. The third kappa shape index (κ3) is 26.3. The van der Waals surface area contributed by atoms with Gasteiger partial charge in [0.25, 0.3) is 8.32 Å². The fourth-order valence-corrected chi connectivity index (χ4v) is 23.3. The first-order valence-corrected chi connectivity index (χ1v) is 48.7. The maximum atomic E-state index is 14.9. The minimum absolute atomic E-state index is 0.156. The second-order valence-corrected chi connectivity index (χ2v) is 40.2.